The first-order valence-corrected chi connectivity index (χ1v) is 9.57. The summed E-state index contributed by atoms with van der Waals surface area (Å²) in [6.07, 6.45) is -4.63. The molecule has 2 aromatic carbocycles. The van der Waals surface area contributed by atoms with Crippen LogP contribution in [-0.2, 0) is 11.2 Å². The largest absolute Gasteiger partial charge is 0.573 e. The van der Waals surface area contributed by atoms with E-state index >= 15 is 0 Å². The summed E-state index contributed by atoms with van der Waals surface area (Å²) in [4.78, 5) is 16.4. The molecule has 0 radical (unpaired) electrons. The van der Waals surface area contributed by atoms with Gasteiger partial charge in [-0.25, -0.2) is 4.98 Å². The normalized spacial score (nSPS) is 11.1. The Hall–Kier alpha value is -2.59. The molecular weight excluding hydrogens is 459 g/mol. The molecule has 0 fully saturated rings. The first-order valence-electron chi connectivity index (χ1n) is 7.89. The molecule has 0 atom stereocenters. The summed E-state index contributed by atoms with van der Waals surface area (Å²) in [5.41, 5.74) is 1.81. The van der Waals surface area contributed by atoms with Crippen molar-refractivity contribution in [2.45, 2.75) is 12.8 Å². The molecule has 146 valence electrons. The predicted octanol–water partition coefficient (Wildman–Crippen LogP) is 5.73. The van der Waals surface area contributed by atoms with E-state index in [1.54, 1.807) is 17.5 Å². The van der Waals surface area contributed by atoms with Gasteiger partial charge < -0.3 is 15.4 Å². The first-order chi connectivity index (χ1) is 13.3. The number of aromatic nitrogens is 1. The molecule has 1 heterocycles. The van der Waals surface area contributed by atoms with Crippen molar-refractivity contribution in [1.29, 1.82) is 0 Å². The van der Waals surface area contributed by atoms with Crippen LogP contribution in [0.4, 0.5) is 29.7 Å². The quantitative estimate of drug-likeness (QED) is 0.481. The second kappa shape index (κ2) is 8.61. The fourth-order valence-electron chi connectivity index (χ4n) is 2.24. The summed E-state index contributed by atoms with van der Waals surface area (Å²) in [6.45, 7) is 0. The van der Waals surface area contributed by atoms with Crippen LogP contribution in [0, 0.1) is 0 Å². The highest BCUT2D eigenvalue weighted by Gasteiger charge is 2.30. The van der Waals surface area contributed by atoms with Crippen LogP contribution in [0.1, 0.15) is 5.69 Å². The van der Waals surface area contributed by atoms with Gasteiger partial charge in [-0.1, -0.05) is 22.0 Å². The number of hydrogen-bond donors (Lipinski definition) is 2. The van der Waals surface area contributed by atoms with E-state index in [1.165, 1.54) is 35.6 Å². The summed E-state index contributed by atoms with van der Waals surface area (Å²) < 4.78 is 41.2. The standard InChI is InChI=1S/C18H13BrF3N3O2S/c19-11-2-1-3-13(8-11)23-16(26)9-14-10-28-17(25-14)24-12-4-6-15(7-5-12)27-18(20,21)22/h1-8,10H,9H2,(H,23,26)(H,24,25). The van der Waals surface area contributed by atoms with E-state index in [1.807, 2.05) is 12.1 Å². The summed E-state index contributed by atoms with van der Waals surface area (Å²) in [5.74, 6) is -0.509. The lowest BCUT2D eigenvalue weighted by atomic mass is 10.3. The number of nitrogens with zero attached hydrogens (tertiary/aromatic N) is 1. The molecule has 28 heavy (non-hydrogen) atoms. The number of thiazole rings is 1. The van der Waals surface area contributed by atoms with Crippen LogP contribution in [0.5, 0.6) is 5.75 Å². The molecule has 0 spiro atoms. The van der Waals surface area contributed by atoms with Crippen molar-refractivity contribution in [1.82, 2.24) is 4.98 Å². The lowest BCUT2D eigenvalue weighted by Gasteiger charge is -2.09. The van der Waals surface area contributed by atoms with Crippen molar-refractivity contribution in [3.63, 3.8) is 0 Å². The molecule has 0 aliphatic heterocycles. The predicted molar refractivity (Wildman–Crippen MR) is 105 cm³/mol. The molecule has 0 saturated carbocycles. The van der Waals surface area contributed by atoms with Crippen LogP contribution >= 0.6 is 27.3 Å². The highest BCUT2D eigenvalue weighted by Crippen LogP contribution is 2.26. The Morgan fingerprint density at radius 3 is 2.57 bits per heavy atom. The summed E-state index contributed by atoms with van der Waals surface area (Å²) in [6, 6.07) is 12.5. The van der Waals surface area contributed by atoms with Crippen LogP contribution in [0.15, 0.2) is 58.4 Å². The molecule has 10 heteroatoms. The zero-order valence-corrected chi connectivity index (χ0v) is 16.5. The molecule has 2 N–H and O–H groups in total. The maximum Gasteiger partial charge on any atom is 0.573 e. The zero-order valence-electron chi connectivity index (χ0n) is 14.1. The summed E-state index contributed by atoms with van der Waals surface area (Å²) in [7, 11) is 0. The fourth-order valence-corrected chi connectivity index (χ4v) is 3.37. The van der Waals surface area contributed by atoms with Gasteiger partial charge in [-0.2, -0.15) is 0 Å². The minimum absolute atomic E-state index is 0.100. The van der Waals surface area contributed by atoms with Gasteiger partial charge in [0.15, 0.2) is 5.13 Å². The number of amides is 1. The van der Waals surface area contributed by atoms with Gasteiger partial charge in [0.05, 0.1) is 12.1 Å². The number of anilines is 3. The van der Waals surface area contributed by atoms with E-state index in [4.69, 9.17) is 0 Å². The molecule has 0 aliphatic rings. The number of rotatable bonds is 6. The Morgan fingerprint density at radius 1 is 1.14 bits per heavy atom. The van der Waals surface area contributed by atoms with E-state index < -0.39 is 6.36 Å². The number of ether oxygens (including phenoxy) is 1. The van der Waals surface area contributed by atoms with Crippen molar-refractivity contribution >= 4 is 49.7 Å². The topological polar surface area (TPSA) is 63.2 Å². The van der Waals surface area contributed by atoms with Gasteiger partial charge in [0.2, 0.25) is 5.91 Å². The number of carbonyl (C=O) groups excluding carboxylic acids is 1. The third-order valence-electron chi connectivity index (χ3n) is 3.34. The Balaban J connectivity index is 1.56. The average Bonchev–Trinajstić information content (AvgIpc) is 3.02. The first kappa shape index (κ1) is 20.2. The minimum atomic E-state index is -4.73. The summed E-state index contributed by atoms with van der Waals surface area (Å²) in [5, 5.41) is 8.02. The van der Waals surface area contributed by atoms with Crippen molar-refractivity contribution in [3.8, 4) is 5.75 Å². The third kappa shape index (κ3) is 6.24. The monoisotopic (exact) mass is 471 g/mol. The van der Waals surface area contributed by atoms with Crippen LogP contribution in [0.2, 0.25) is 0 Å². The second-order valence-electron chi connectivity index (χ2n) is 5.58. The van der Waals surface area contributed by atoms with E-state index in [2.05, 4.69) is 36.3 Å². The molecule has 0 bridgehead atoms. The highest BCUT2D eigenvalue weighted by atomic mass is 79.9. The van der Waals surface area contributed by atoms with E-state index in [-0.39, 0.29) is 18.1 Å². The van der Waals surface area contributed by atoms with Crippen molar-refractivity contribution in [2.24, 2.45) is 0 Å². The van der Waals surface area contributed by atoms with Gasteiger partial charge in [-0.3, -0.25) is 4.79 Å². The number of nitrogens with one attached hydrogen (secondary N) is 2. The maximum atomic E-state index is 12.2. The van der Waals surface area contributed by atoms with Gasteiger partial charge >= 0.3 is 6.36 Å². The Labute approximate surface area is 170 Å². The van der Waals surface area contributed by atoms with Crippen LogP contribution in [-0.4, -0.2) is 17.3 Å². The lowest BCUT2D eigenvalue weighted by molar-refractivity contribution is -0.274. The van der Waals surface area contributed by atoms with Crippen LogP contribution in [0.3, 0.4) is 0 Å². The van der Waals surface area contributed by atoms with E-state index in [9.17, 15) is 18.0 Å². The molecule has 1 aromatic heterocycles. The second-order valence-corrected chi connectivity index (χ2v) is 7.35. The molecule has 0 saturated heterocycles. The van der Waals surface area contributed by atoms with Crippen molar-refractivity contribution in [2.75, 3.05) is 10.6 Å². The molecule has 3 aromatic rings. The van der Waals surface area contributed by atoms with Gasteiger partial charge in [0, 0.05) is 21.2 Å². The summed E-state index contributed by atoms with van der Waals surface area (Å²) >= 11 is 4.63. The zero-order chi connectivity index (χ0) is 20.1. The molecular formula is C18H13BrF3N3O2S. The van der Waals surface area contributed by atoms with E-state index in [0.717, 1.165) is 4.47 Å². The Bertz CT molecular complexity index is 961. The highest BCUT2D eigenvalue weighted by molar-refractivity contribution is 9.10. The molecule has 0 aliphatic carbocycles. The Morgan fingerprint density at radius 2 is 1.89 bits per heavy atom. The van der Waals surface area contributed by atoms with Crippen molar-refractivity contribution < 1.29 is 22.7 Å². The molecule has 5 nitrogen and oxygen atoms in total. The smallest absolute Gasteiger partial charge is 0.406 e. The number of benzene rings is 2. The minimum Gasteiger partial charge on any atom is -0.406 e. The average molecular weight is 472 g/mol. The molecule has 1 amide bonds. The number of halogens is 4. The fraction of sp³-hybridized carbons (Fsp3) is 0.111. The number of alkyl halides is 3. The maximum absolute atomic E-state index is 12.2. The van der Waals surface area contributed by atoms with Gasteiger partial charge in [-0.15, -0.1) is 24.5 Å². The van der Waals surface area contributed by atoms with E-state index in [0.29, 0.717) is 22.2 Å². The third-order valence-corrected chi connectivity index (χ3v) is 4.64. The molecule has 3 rings (SSSR count). The number of carbonyl (C=O) groups is 1. The number of hydrogen-bond acceptors (Lipinski definition) is 5. The lowest BCUT2D eigenvalue weighted by Crippen LogP contribution is -2.16. The van der Waals surface area contributed by atoms with Crippen LogP contribution < -0.4 is 15.4 Å². The van der Waals surface area contributed by atoms with Gasteiger partial charge in [-0.05, 0) is 42.5 Å². The van der Waals surface area contributed by atoms with Crippen molar-refractivity contribution in [3.05, 3.63) is 64.1 Å². The SMILES string of the molecule is O=C(Cc1csc(Nc2ccc(OC(F)(F)F)cc2)n1)Nc1cccc(Br)c1. The molecule has 0 unspecified atom stereocenters. The Kier molecular flexibility index (Phi) is 6.20. The van der Waals surface area contributed by atoms with Crippen LogP contribution in [0.25, 0.3) is 0 Å². The van der Waals surface area contributed by atoms with Gasteiger partial charge in [0.1, 0.15) is 5.75 Å². The van der Waals surface area contributed by atoms with Gasteiger partial charge in [0.25, 0.3) is 0 Å².